The molecule has 0 aliphatic heterocycles. The van der Waals surface area contributed by atoms with Crippen molar-refractivity contribution >= 4 is 25.1 Å². The van der Waals surface area contributed by atoms with Crippen LogP contribution >= 0.6 is 0 Å². The summed E-state index contributed by atoms with van der Waals surface area (Å²) in [5.74, 6) is 1.61. The molecular formula is C17H24O4Si. The van der Waals surface area contributed by atoms with Crippen LogP contribution in [0.5, 0.6) is 11.5 Å². The maximum absolute atomic E-state index is 11.6. The van der Waals surface area contributed by atoms with Crippen LogP contribution in [0, 0.1) is 0 Å². The Bertz CT molecular complexity index is 707. The van der Waals surface area contributed by atoms with Gasteiger partial charge in [0.25, 0.3) is 8.32 Å². The van der Waals surface area contributed by atoms with Gasteiger partial charge in [-0.05, 0) is 24.2 Å². The van der Waals surface area contributed by atoms with E-state index in [4.69, 9.17) is 13.6 Å². The molecule has 22 heavy (non-hydrogen) atoms. The first-order valence-electron chi connectivity index (χ1n) is 7.37. The molecule has 0 aliphatic rings. The number of hydrogen-bond acceptors (Lipinski definition) is 4. The fourth-order valence-electron chi connectivity index (χ4n) is 1.89. The van der Waals surface area contributed by atoms with Gasteiger partial charge < -0.3 is 13.6 Å². The first kappa shape index (κ1) is 16.6. The molecule has 0 amide bonds. The quantitative estimate of drug-likeness (QED) is 0.585. The van der Waals surface area contributed by atoms with Crippen molar-refractivity contribution in [1.29, 1.82) is 0 Å². The third kappa shape index (κ3) is 3.04. The van der Waals surface area contributed by atoms with E-state index in [9.17, 15) is 4.79 Å². The Morgan fingerprint density at radius 2 is 1.82 bits per heavy atom. The summed E-state index contributed by atoms with van der Waals surface area (Å²) in [5, 5.41) is 0.894. The average Bonchev–Trinajstić information content (AvgIpc) is 2.81. The van der Waals surface area contributed by atoms with Crippen LogP contribution in [0.4, 0.5) is 0 Å². The monoisotopic (exact) mass is 320 g/mol. The summed E-state index contributed by atoms with van der Waals surface area (Å²) in [7, 11) is -0.395. The number of Topliss-reactive ketones (excluding diaryl/α,β-unsaturated/α-hetero) is 1. The minimum Gasteiger partial charge on any atom is -0.543 e. The van der Waals surface area contributed by atoms with Crippen LogP contribution in [0.1, 0.15) is 38.2 Å². The van der Waals surface area contributed by atoms with Crippen molar-refractivity contribution in [3.63, 3.8) is 0 Å². The summed E-state index contributed by atoms with van der Waals surface area (Å²) in [6.07, 6.45) is 0. The second kappa shape index (κ2) is 5.46. The summed E-state index contributed by atoms with van der Waals surface area (Å²) in [5.41, 5.74) is 0.609. The molecule has 0 radical (unpaired) electrons. The number of benzene rings is 1. The molecule has 1 aromatic heterocycles. The molecule has 0 saturated heterocycles. The number of ether oxygens (including phenoxy) is 1. The van der Waals surface area contributed by atoms with Gasteiger partial charge in [-0.25, -0.2) is 0 Å². The molecular weight excluding hydrogens is 296 g/mol. The smallest absolute Gasteiger partial charge is 0.250 e. The van der Waals surface area contributed by atoms with E-state index in [1.807, 2.05) is 6.07 Å². The standard InChI is InChI=1S/C17H24O4Si/c1-11(18)14-10-13-15(20-14)8-12(19-5)9-16(13)21-22(6,7)17(2,3)4/h8-10H,1-7H3. The van der Waals surface area contributed by atoms with E-state index in [2.05, 4.69) is 33.9 Å². The van der Waals surface area contributed by atoms with E-state index in [1.165, 1.54) is 6.92 Å². The van der Waals surface area contributed by atoms with E-state index < -0.39 is 8.32 Å². The second-order valence-corrected chi connectivity index (χ2v) is 11.8. The van der Waals surface area contributed by atoms with Gasteiger partial charge in [-0.3, -0.25) is 4.79 Å². The number of carbonyl (C=O) groups excluding carboxylic acids is 1. The number of carbonyl (C=O) groups is 1. The van der Waals surface area contributed by atoms with Crippen molar-refractivity contribution in [2.45, 2.75) is 45.8 Å². The van der Waals surface area contributed by atoms with Crippen LogP contribution in [0.3, 0.4) is 0 Å². The van der Waals surface area contributed by atoms with Crippen molar-refractivity contribution in [3.8, 4) is 11.5 Å². The molecule has 0 unspecified atom stereocenters. The number of furan rings is 1. The zero-order valence-electron chi connectivity index (χ0n) is 14.4. The fourth-order valence-corrected chi connectivity index (χ4v) is 2.91. The maximum Gasteiger partial charge on any atom is 0.250 e. The minimum atomic E-state index is -2.00. The fraction of sp³-hybridized carbons (Fsp3) is 0.471. The van der Waals surface area contributed by atoms with Gasteiger partial charge in [0.1, 0.15) is 17.1 Å². The van der Waals surface area contributed by atoms with Crippen LogP contribution in [0.2, 0.25) is 18.1 Å². The molecule has 5 heteroatoms. The molecule has 2 aromatic rings. The Morgan fingerprint density at radius 1 is 1.18 bits per heavy atom. The number of methoxy groups -OCH3 is 1. The lowest BCUT2D eigenvalue weighted by atomic mass is 10.2. The summed E-state index contributed by atoms with van der Waals surface area (Å²) in [6.45, 7) is 12.4. The number of fused-ring (bicyclic) bond motifs is 1. The number of ketones is 1. The molecule has 0 bridgehead atoms. The molecule has 1 aromatic carbocycles. The topological polar surface area (TPSA) is 48.7 Å². The van der Waals surface area contributed by atoms with Crippen molar-refractivity contribution in [2.24, 2.45) is 0 Å². The van der Waals surface area contributed by atoms with Gasteiger partial charge in [0.15, 0.2) is 11.5 Å². The van der Waals surface area contributed by atoms with E-state index in [1.54, 1.807) is 19.2 Å². The largest absolute Gasteiger partial charge is 0.543 e. The zero-order valence-corrected chi connectivity index (χ0v) is 15.4. The van der Waals surface area contributed by atoms with Crippen LogP contribution < -0.4 is 9.16 Å². The lowest BCUT2D eigenvalue weighted by Crippen LogP contribution is -2.43. The normalized spacial score (nSPS) is 12.5. The molecule has 0 fully saturated rings. The van der Waals surface area contributed by atoms with Crippen molar-refractivity contribution in [1.82, 2.24) is 0 Å². The Labute approximate surface area is 132 Å². The highest BCUT2D eigenvalue weighted by Gasteiger charge is 2.39. The van der Waals surface area contributed by atoms with Crippen molar-refractivity contribution < 1.29 is 18.4 Å². The van der Waals surface area contributed by atoms with Crippen LogP contribution in [-0.2, 0) is 0 Å². The molecule has 0 spiro atoms. The maximum atomic E-state index is 11.6. The highest BCUT2D eigenvalue weighted by Crippen LogP contribution is 2.41. The Kier molecular flexibility index (Phi) is 4.13. The van der Waals surface area contributed by atoms with Gasteiger partial charge >= 0.3 is 0 Å². The van der Waals surface area contributed by atoms with E-state index in [0.29, 0.717) is 17.1 Å². The van der Waals surface area contributed by atoms with E-state index >= 15 is 0 Å². The number of hydrogen-bond donors (Lipinski definition) is 0. The van der Waals surface area contributed by atoms with Gasteiger partial charge in [-0.2, -0.15) is 0 Å². The molecule has 0 saturated carbocycles. The third-order valence-electron chi connectivity index (χ3n) is 4.33. The average molecular weight is 320 g/mol. The first-order chi connectivity index (χ1) is 10.0. The van der Waals surface area contributed by atoms with Gasteiger partial charge in [0.05, 0.1) is 12.5 Å². The minimum absolute atomic E-state index is 0.0789. The predicted molar refractivity (Wildman–Crippen MR) is 90.6 cm³/mol. The molecule has 0 aliphatic carbocycles. The van der Waals surface area contributed by atoms with Gasteiger partial charge in [0.2, 0.25) is 0 Å². The van der Waals surface area contributed by atoms with Gasteiger partial charge in [-0.15, -0.1) is 0 Å². The highest BCUT2D eigenvalue weighted by atomic mass is 28.4. The van der Waals surface area contributed by atoms with E-state index in [0.717, 1.165) is 11.1 Å². The molecule has 0 atom stereocenters. The lowest BCUT2D eigenvalue weighted by Gasteiger charge is -2.36. The van der Waals surface area contributed by atoms with Crippen LogP contribution in [0.15, 0.2) is 22.6 Å². The SMILES string of the molecule is COc1cc(O[Si](C)(C)C(C)(C)C)c2cc(C(C)=O)oc2c1. The summed E-state index contributed by atoms with van der Waals surface area (Å²) < 4.78 is 17.3. The zero-order chi connectivity index (χ0) is 16.7. The molecule has 120 valence electrons. The van der Waals surface area contributed by atoms with Crippen molar-refractivity contribution in [2.75, 3.05) is 7.11 Å². The molecule has 4 nitrogen and oxygen atoms in total. The van der Waals surface area contributed by atoms with Gasteiger partial charge in [0, 0.05) is 19.1 Å². The van der Waals surface area contributed by atoms with E-state index in [-0.39, 0.29) is 10.8 Å². The van der Waals surface area contributed by atoms with Crippen molar-refractivity contribution in [3.05, 3.63) is 24.0 Å². The number of rotatable bonds is 4. The first-order valence-corrected chi connectivity index (χ1v) is 10.3. The highest BCUT2D eigenvalue weighted by molar-refractivity contribution is 6.74. The summed E-state index contributed by atoms with van der Waals surface area (Å²) >= 11 is 0. The lowest BCUT2D eigenvalue weighted by molar-refractivity contribution is 0.0989. The van der Waals surface area contributed by atoms with Crippen LogP contribution in [-0.4, -0.2) is 21.2 Å². The van der Waals surface area contributed by atoms with Crippen LogP contribution in [0.25, 0.3) is 11.0 Å². The Morgan fingerprint density at radius 3 is 2.32 bits per heavy atom. The third-order valence-corrected chi connectivity index (χ3v) is 8.67. The Hall–Kier alpha value is -1.75. The second-order valence-electron chi connectivity index (χ2n) is 7.07. The summed E-state index contributed by atoms with van der Waals surface area (Å²) in [6, 6.07) is 5.39. The summed E-state index contributed by atoms with van der Waals surface area (Å²) in [4.78, 5) is 11.6. The molecule has 2 rings (SSSR count). The molecule has 1 heterocycles. The Balaban J connectivity index is 2.58. The van der Waals surface area contributed by atoms with Gasteiger partial charge in [-0.1, -0.05) is 20.8 Å². The molecule has 0 N–H and O–H groups in total. The predicted octanol–water partition coefficient (Wildman–Crippen LogP) is 5.03.